The van der Waals surface area contributed by atoms with E-state index in [9.17, 15) is 9.59 Å². The van der Waals surface area contributed by atoms with Gasteiger partial charge in [0.05, 0.1) is 17.0 Å². The summed E-state index contributed by atoms with van der Waals surface area (Å²) in [6.45, 7) is 2.31. The topological polar surface area (TPSA) is 81.0 Å². The molecule has 2 heterocycles. The average molecular weight is 328 g/mol. The van der Waals surface area contributed by atoms with E-state index in [1.165, 1.54) is 32.1 Å². The lowest BCUT2D eigenvalue weighted by Gasteiger charge is -2.45. The van der Waals surface area contributed by atoms with E-state index in [-0.39, 0.29) is 17.5 Å². The summed E-state index contributed by atoms with van der Waals surface area (Å²) in [6.07, 6.45) is 6.63. The zero-order chi connectivity index (χ0) is 16.5. The zero-order valence-corrected chi connectivity index (χ0v) is 13.8. The molecule has 1 amide bonds. The minimum absolute atomic E-state index is 0.128. The van der Waals surface area contributed by atoms with Crippen LogP contribution in [0.5, 0.6) is 0 Å². The molecular weight excluding hydrogens is 304 g/mol. The third-order valence-corrected chi connectivity index (χ3v) is 5.42. The van der Waals surface area contributed by atoms with Gasteiger partial charge in [0, 0.05) is 25.7 Å². The minimum Gasteiger partial charge on any atom is -0.352 e. The first kappa shape index (κ1) is 15.4. The van der Waals surface area contributed by atoms with Crippen molar-refractivity contribution in [3.8, 4) is 0 Å². The number of carbonyl (C=O) groups excluding carboxylic acids is 1. The van der Waals surface area contributed by atoms with Crippen LogP contribution in [-0.2, 0) is 11.3 Å². The van der Waals surface area contributed by atoms with Crippen molar-refractivity contribution in [2.45, 2.75) is 44.7 Å². The smallest absolute Gasteiger partial charge is 0.323 e. The van der Waals surface area contributed by atoms with Gasteiger partial charge in [-0.1, -0.05) is 25.3 Å². The summed E-state index contributed by atoms with van der Waals surface area (Å²) in [7, 11) is 0. The summed E-state index contributed by atoms with van der Waals surface area (Å²) >= 11 is 0. The van der Waals surface area contributed by atoms with E-state index >= 15 is 0 Å². The van der Waals surface area contributed by atoms with E-state index in [0.717, 1.165) is 29.7 Å². The third kappa shape index (κ3) is 3.11. The highest BCUT2D eigenvalue weighted by atomic mass is 16.2. The first-order chi connectivity index (χ1) is 11.7. The van der Waals surface area contributed by atoms with Gasteiger partial charge in [0.25, 0.3) is 0 Å². The van der Waals surface area contributed by atoms with Gasteiger partial charge in [0.15, 0.2) is 0 Å². The molecule has 0 spiro atoms. The predicted octanol–water partition coefficient (Wildman–Crippen LogP) is 1.74. The Balaban J connectivity index is 1.28. The summed E-state index contributed by atoms with van der Waals surface area (Å²) in [5, 5.41) is 3.03. The fraction of sp³-hybridized carbons (Fsp3) is 0.556. The Morgan fingerprint density at radius 1 is 1.12 bits per heavy atom. The van der Waals surface area contributed by atoms with Crippen molar-refractivity contribution in [1.29, 1.82) is 0 Å². The molecule has 4 rings (SSSR count). The van der Waals surface area contributed by atoms with Crippen LogP contribution in [0.2, 0.25) is 0 Å². The molecule has 0 bridgehead atoms. The Bertz CT molecular complexity index is 782. The summed E-state index contributed by atoms with van der Waals surface area (Å²) in [5.74, 6) is 0.271. The molecule has 1 saturated carbocycles. The second-order valence-electron chi connectivity index (χ2n) is 7.12. The maximum absolute atomic E-state index is 12.3. The van der Waals surface area contributed by atoms with Crippen molar-refractivity contribution in [3.63, 3.8) is 0 Å². The molecule has 1 aromatic carbocycles. The van der Waals surface area contributed by atoms with Gasteiger partial charge in [0.2, 0.25) is 5.91 Å². The highest BCUT2D eigenvalue weighted by Crippen LogP contribution is 2.28. The molecule has 6 heteroatoms. The lowest BCUT2D eigenvalue weighted by molar-refractivity contribution is -0.131. The first-order valence-corrected chi connectivity index (χ1v) is 8.92. The van der Waals surface area contributed by atoms with Crippen molar-refractivity contribution >= 4 is 16.9 Å². The van der Waals surface area contributed by atoms with E-state index in [1.54, 1.807) is 0 Å². The van der Waals surface area contributed by atoms with Crippen LogP contribution >= 0.6 is 0 Å². The molecule has 1 saturated heterocycles. The molecule has 1 aliphatic heterocycles. The number of aromatic nitrogens is 2. The number of aromatic amines is 2. The van der Waals surface area contributed by atoms with Crippen molar-refractivity contribution in [2.75, 3.05) is 13.1 Å². The van der Waals surface area contributed by atoms with Crippen LogP contribution in [0, 0.1) is 5.92 Å². The largest absolute Gasteiger partial charge is 0.352 e. The number of rotatable bonds is 4. The number of H-pyrrole nitrogens is 2. The summed E-state index contributed by atoms with van der Waals surface area (Å²) in [6, 6.07) is 6.41. The molecular formula is C18H24N4O2. The van der Waals surface area contributed by atoms with Crippen LogP contribution in [0.1, 0.15) is 37.7 Å². The normalized spacial score (nSPS) is 20.2. The number of hydrogen-bond acceptors (Lipinski definition) is 3. The fourth-order valence-electron chi connectivity index (χ4n) is 3.95. The fourth-order valence-corrected chi connectivity index (χ4v) is 3.95. The Hall–Kier alpha value is -2.08. The molecule has 24 heavy (non-hydrogen) atoms. The number of nitrogens with one attached hydrogen (secondary N) is 3. The number of imidazole rings is 1. The Labute approximate surface area is 140 Å². The number of carbonyl (C=O) groups is 1. The first-order valence-electron chi connectivity index (χ1n) is 8.92. The molecule has 2 aliphatic rings. The van der Waals surface area contributed by atoms with Crippen LogP contribution in [0.15, 0.2) is 23.0 Å². The van der Waals surface area contributed by atoms with Gasteiger partial charge in [-0.15, -0.1) is 0 Å². The molecule has 0 unspecified atom stereocenters. The summed E-state index contributed by atoms with van der Waals surface area (Å²) < 4.78 is 0. The van der Waals surface area contributed by atoms with Gasteiger partial charge in [0.1, 0.15) is 0 Å². The van der Waals surface area contributed by atoms with Gasteiger partial charge in [-0.05, 0) is 30.5 Å². The highest BCUT2D eigenvalue weighted by molar-refractivity contribution is 5.80. The molecule has 0 atom stereocenters. The van der Waals surface area contributed by atoms with Gasteiger partial charge in [-0.3, -0.25) is 9.69 Å². The lowest BCUT2D eigenvalue weighted by Crippen LogP contribution is -2.57. The van der Waals surface area contributed by atoms with Crippen molar-refractivity contribution in [2.24, 2.45) is 5.92 Å². The molecule has 1 aliphatic carbocycles. The monoisotopic (exact) mass is 328 g/mol. The van der Waals surface area contributed by atoms with Crippen LogP contribution in [0.4, 0.5) is 0 Å². The van der Waals surface area contributed by atoms with E-state index in [1.807, 2.05) is 18.2 Å². The van der Waals surface area contributed by atoms with E-state index in [0.29, 0.717) is 12.6 Å². The number of benzene rings is 1. The SMILES string of the molecule is O=C(NCc1ccc2[nH]c(=O)[nH]c2c1)C1CN(C2CCCCC2)C1. The molecule has 1 aromatic heterocycles. The average Bonchev–Trinajstić information content (AvgIpc) is 2.92. The minimum atomic E-state index is -0.205. The number of fused-ring (bicyclic) bond motifs is 1. The molecule has 6 nitrogen and oxygen atoms in total. The standard InChI is InChI=1S/C18H24N4O2/c23-17(13-10-22(11-13)14-4-2-1-3-5-14)19-9-12-6-7-15-16(8-12)21-18(24)20-15/h6-8,13-14H,1-5,9-11H2,(H,19,23)(H2,20,21,24). The second kappa shape index (κ2) is 6.43. The quantitative estimate of drug-likeness (QED) is 0.799. The third-order valence-electron chi connectivity index (χ3n) is 5.42. The predicted molar refractivity (Wildman–Crippen MR) is 92.7 cm³/mol. The summed E-state index contributed by atoms with van der Waals surface area (Å²) in [5.41, 5.74) is 2.36. The maximum atomic E-state index is 12.3. The molecule has 3 N–H and O–H groups in total. The number of likely N-dealkylation sites (tertiary alicyclic amines) is 1. The van der Waals surface area contributed by atoms with Crippen LogP contribution in [0.25, 0.3) is 11.0 Å². The van der Waals surface area contributed by atoms with Gasteiger partial charge < -0.3 is 15.3 Å². The van der Waals surface area contributed by atoms with Crippen molar-refractivity contribution in [1.82, 2.24) is 20.2 Å². The van der Waals surface area contributed by atoms with Crippen molar-refractivity contribution in [3.05, 3.63) is 34.2 Å². The van der Waals surface area contributed by atoms with E-state index in [2.05, 4.69) is 20.2 Å². The Morgan fingerprint density at radius 2 is 1.88 bits per heavy atom. The van der Waals surface area contributed by atoms with Crippen LogP contribution in [0.3, 0.4) is 0 Å². The lowest BCUT2D eigenvalue weighted by atomic mass is 9.88. The molecule has 2 fully saturated rings. The summed E-state index contributed by atoms with van der Waals surface area (Å²) in [4.78, 5) is 31.5. The molecule has 128 valence electrons. The number of hydrogen-bond donors (Lipinski definition) is 3. The van der Waals surface area contributed by atoms with Gasteiger partial charge in [-0.25, -0.2) is 4.79 Å². The Morgan fingerprint density at radius 3 is 2.67 bits per heavy atom. The van der Waals surface area contributed by atoms with Crippen LogP contribution < -0.4 is 11.0 Å². The zero-order valence-electron chi connectivity index (χ0n) is 13.8. The van der Waals surface area contributed by atoms with Gasteiger partial charge >= 0.3 is 5.69 Å². The van der Waals surface area contributed by atoms with E-state index < -0.39 is 0 Å². The van der Waals surface area contributed by atoms with E-state index in [4.69, 9.17) is 0 Å². The highest BCUT2D eigenvalue weighted by Gasteiger charge is 2.36. The molecule has 0 radical (unpaired) electrons. The Kier molecular flexibility index (Phi) is 4.14. The second-order valence-corrected chi connectivity index (χ2v) is 7.12. The molecule has 2 aromatic rings. The number of nitrogens with zero attached hydrogens (tertiary/aromatic N) is 1. The van der Waals surface area contributed by atoms with Gasteiger partial charge in [-0.2, -0.15) is 0 Å². The van der Waals surface area contributed by atoms with Crippen molar-refractivity contribution < 1.29 is 4.79 Å². The number of amides is 1. The van der Waals surface area contributed by atoms with Crippen LogP contribution in [-0.4, -0.2) is 39.9 Å². The maximum Gasteiger partial charge on any atom is 0.323 e.